The van der Waals surface area contributed by atoms with Crippen molar-refractivity contribution in [2.75, 3.05) is 0 Å². The molecule has 1 fully saturated rings. The van der Waals surface area contributed by atoms with Crippen molar-refractivity contribution in [3.05, 3.63) is 54.1 Å². The van der Waals surface area contributed by atoms with Crippen LogP contribution in [0.4, 0.5) is 17.6 Å². The number of aliphatic carboxylic acids is 1. The van der Waals surface area contributed by atoms with Crippen molar-refractivity contribution >= 4 is 22.9 Å². The number of benzene rings is 1. The molecule has 0 atom stereocenters. The summed E-state index contributed by atoms with van der Waals surface area (Å²) >= 11 is 0. The molecule has 10 heteroatoms. The fraction of sp³-hybridized carbons (Fsp3) is 0.318. The van der Waals surface area contributed by atoms with E-state index in [0.29, 0.717) is 11.6 Å². The van der Waals surface area contributed by atoms with E-state index in [9.17, 15) is 22.4 Å². The lowest BCUT2D eigenvalue weighted by Gasteiger charge is -2.26. The van der Waals surface area contributed by atoms with E-state index in [1.807, 2.05) is 29.0 Å². The first kappa shape index (κ1) is 23.2. The van der Waals surface area contributed by atoms with E-state index in [-0.39, 0.29) is 18.3 Å². The molecule has 32 heavy (non-hydrogen) atoms. The molecular formula is C22H21F4N3O3. The summed E-state index contributed by atoms with van der Waals surface area (Å²) in [7, 11) is 0. The minimum Gasteiger partial charge on any atom is -0.475 e. The standard InChI is InChI=1S/C20H20FN3O.C2HF3O2/c1-13-9-14(5-6-17(13)21)15-10-19-18(22-11-15)7-8-24(19)12-20(25)23-16-3-2-4-16;3-2(4,5)1(6)7/h5-11,16H,2-4,12H2,1H3,(H,23,25);(H,6,7). The van der Waals surface area contributed by atoms with Gasteiger partial charge >= 0.3 is 12.1 Å². The molecule has 0 saturated heterocycles. The van der Waals surface area contributed by atoms with Crippen molar-refractivity contribution in [3.63, 3.8) is 0 Å². The Labute approximate surface area is 180 Å². The molecule has 170 valence electrons. The Bertz CT molecular complexity index is 1140. The van der Waals surface area contributed by atoms with Gasteiger partial charge in [-0.25, -0.2) is 9.18 Å². The molecule has 2 heterocycles. The lowest BCUT2D eigenvalue weighted by atomic mass is 9.93. The van der Waals surface area contributed by atoms with Crippen LogP contribution >= 0.6 is 0 Å². The summed E-state index contributed by atoms with van der Waals surface area (Å²) in [5.41, 5.74) is 4.19. The van der Waals surface area contributed by atoms with Gasteiger partial charge in [0.2, 0.25) is 5.91 Å². The van der Waals surface area contributed by atoms with E-state index in [1.54, 1.807) is 19.2 Å². The molecular weight excluding hydrogens is 430 g/mol. The van der Waals surface area contributed by atoms with Gasteiger partial charge in [-0.15, -0.1) is 0 Å². The monoisotopic (exact) mass is 451 g/mol. The molecule has 1 aliphatic rings. The highest BCUT2D eigenvalue weighted by molar-refractivity contribution is 5.84. The van der Waals surface area contributed by atoms with Gasteiger partial charge in [-0.2, -0.15) is 13.2 Å². The number of hydrogen-bond acceptors (Lipinski definition) is 3. The van der Waals surface area contributed by atoms with Crippen LogP contribution in [0.1, 0.15) is 24.8 Å². The van der Waals surface area contributed by atoms with E-state index < -0.39 is 12.1 Å². The van der Waals surface area contributed by atoms with E-state index in [2.05, 4.69) is 10.3 Å². The van der Waals surface area contributed by atoms with Gasteiger partial charge in [-0.3, -0.25) is 9.78 Å². The first-order valence-corrected chi connectivity index (χ1v) is 9.85. The number of carboxylic acids is 1. The second-order valence-electron chi connectivity index (χ2n) is 7.53. The molecule has 0 spiro atoms. The summed E-state index contributed by atoms with van der Waals surface area (Å²) in [5, 5.41) is 10.2. The van der Waals surface area contributed by atoms with Crippen LogP contribution in [0.5, 0.6) is 0 Å². The molecule has 1 amide bonds. The summed E-state index contributed by atoms with van der Waals surface area (Å²) in [5.74, 6) is -2.94. The maximum Gasteiger partial charge on any atom is 0.490 e. The molecule has 0 unspecified atom stereocenters. The average Bonchev–Trinajstić information content (AvgIpc) is 3.08. The highest BCUT2D eigenvalue weighted by Crippen LogP contribution is 2.25. The highest BCUT2D eigenvalue weighted by atomic mass is 19.4. The van der Waals surface area contributed by atoms with Crippen molar-refractivity contribution in [1.29, 1.82) is 0 Å². The number of pyridine rings is 1. The number of alkyl halides is 3. The van der Waals surface area contributed by atoms with Crippen LogP contribution < -0.4 is 5.32 Å². The number of carboxylic acid groups (broad SMARTS) is 1. The first-order chi connectivity index (χ1) is 15.0. The van der Waals surface area contributed by atoms with Crippen LogP contribution in [0.2, 0.25) is 0 Å². The lowest BCUT2D eigenvalue weighted by Crippen LogP contribution is -2.41. The number of carbonyl (C=O) groups excluding carboxylic acids is 1. The lowest BCUT2D eigenvalue weighted by molar-refractivity contribution is -0.192. The van der Waals surface area contributed by atoms with Crippen LogP contribution in [0.15, 0.2) is 42.7 Å². The minimum atomic E-state index is -5.08. The number of hydrogen-bond donors (Lipinski definition) is 2. The summed E-state index contributed by atoms with van der Waals surface area (Å²) in [6, 6.07) is 9.29. The average molecular weight is 451 g/mol. The minimum absolute atomic E-state index is 0.0326. The van der Waals surface area contributed by atoms with Crippen LogP contribution in [0.3, 0.4) is 0 Å². The van der Waals surface area contributed by atoms with Gasteiger partial charge in [0.15, 0.2) is 0 Å². The molecule has 0 radical (unpaired) electrons. The van der Waals surface area contributed by atoms with E-state index >= 15 is 0 Å². The molecule has 2 N–H and O–H groups in total. The van der Waals surface area contributed by atoms with Gasteiger partial charge in [0.25, 0.3) is 0 Å². The maximum absolute atomic E-state index is 13.5. The SMILES string of the molecule is Cc1cc(-c2cnc3ccn(CC(=O)NC4CCC4)c3c2)ccc1F.O=C(O)C(F)(F)F. The van der Waals surface area contributed by atoms with Gasteiger partial charge in [-0.05, 0) is 61.6 Å². The molecule has 6 nitrogen and oxygen atoms in total. The third kappa shape index (κ3) is 5.63. The van der Waals surface area contributed by atoms with E-state index in [1.165, 1.54) is 12.5 Å². The number of amides is 1. The predicted octanol–water partition coefficient (Wildman–Crippen LogP) is 4.45. The Hall–Kier alpha value is -3.43. The smallest absolute Gasteiger partial charge is 0.475 e. The molecule has 1 saturated carbocycles. The predicted molar refractivity (Wildman–Crippen MR) is 109 cm³/mol. The quantitative estimate of drug-likeness (QED) is 0.574. The zero-order valence-electron chi connectivity index (χ0n) is 17.1. The summed E-state index contributed by atoms with van der Waals surface area (Å²) in [6.45, 7) is 2.03. The van der Waals surface area contributed by atoms with E-state index in [0.717, 1.165) is 35.0 Å². The summed E-state index contributed by atoms with van der Waals surface area (Å²) < 4.78 is 47.1. The molecule has 0 aliphatic heterocycles. The fourth-order valence-corrected chi connectivity index (χ4v) is 3.16. The number of rotatable bonds is 4. The molecule has 3 aromatic rings. The number of aromatic nitrogens is 2. The Morgan fingerprint density at radius 1 is 1.19 bits per heavy atom. The largest absolute Gasteiger partial charge is 0.490 e. The Morgan fingerprint density at radius 2 is 1.88 bits per heavy atom. The normalized spacial score (nSPS) is 13.8. The topological polar surface area (TPSA) is 84.2 Å². The Kier molecular flexibility index (Phi) is 6.81. The van der Waals surface area contributed by atoms with Gasteiger partial charge < -0.3 is 15.0 Å². The van der Waals surface area contributed by atoms with Crippen molar-refractivity contribution in [3.8, 4) is 11.1 Å². The number of fused-ring (bicyclic) bond motifs is 1. The van der Waals surface area contributed by atoms with Gasteiger partial charge in [-0.1, -0.05) is 6.07 Å². The molecule has 1 aliphatic carbocycles. The Morgan fingerprint density at radius 3 is 2.44 bits per heavy atom. The first-order valence-electron chi connectivity index (χ1n) is 9.85. The highest BCUT2D eigenvalue weighted by Gasteiger charge is 2.38. The molecule has 1 aromatic carbocycles. The van der Waals surface area contributed by atoms with Gasteiger partial charge in [0.1, 0.15) is 12.4 Å². The van der Waals surface area contributed by atoms with Crippen molar-refractivity contribution in [1.82, 2.24) is 14.9 Å². The van der Waals surface area contributed by atoms with E-state index in [4.69, 9.17) is 9.90 Å². The second-order valence-corrected chi connectivity index (χ2v) is 7.53. The summed E-state index contributed by atoms with van der Waals surface area (Å²) in [4.78, 5) is 25.6. The van der Waals surface area contributed by atoms with Crippen LogP contribution in [-0.2, 0) is 16.1 Å². The van der Waals surface area contributed by atoms with Crippen LogP contribution in [0, 0.1) is 12.7 Å². The van der Waals surface area contributed by atoms with Gasteiger partial charge in [0.05, 0.1) is 11.0 Å². The Balaban J connectivity index is 0.000000360. The molecule has 2 aromatic heterocycles. The maximum atomic E-state index is 13.5. The molecule has 0 bridgehead atoms. The fourth-order valence-electron chi connectivity index (χ4n) is 3.16. The number of nitrogens with zero attached hydrogens (tertiary/aromatic N) is 2. The third-order valence-electron chi connectivity index (χ3n) is 5.14. The van der Waals surface area contributed by atoms with Crippen molar-refractivity contribution < 1.29 is 32.3 Å². The van der Waals surface area contributed by atoms with Crippen molar-refractivity contribution in [2.24, 2.45) is 0 Å². The summed E-state index contributed by atoms with van der Waals surface area (Å²) in [6.07, 6.45) is 1.94. The zero-order valence-corrected chi connectivity index (χ0v) is 17.1. The van der Waals surface area contributed by atoms with Crippen LogP contribution in [0.25, 0.3) is 22.2 Å². The zero-order chi connectivity index (χ0) is 23.5. The molecule has 4 rings (SSSR count). The number of aryl methyl sites for hydroxylation is 1. The van der Waals surface area contributed by atoms with Crippen LogP contribution in [-0.4, -0.2) is 38.8 Å². The number of carbonyl (C=O) groups is 2. The number of halogens is 4. The second kappa shape index (κ2) is 9.37. The van der Waals surface area contributed by atoms with Crippen molar-refractivity contribution in [2.45, 2.75) is 44.9 Å². The third-order valence-corrected chi connectivity index (χ3v) is 5.14. The number of nitrogens with one attached hydrogen (secondary N) is 1. The van der Waals surface area contributed by atoms with Gasteiger partial charge in [0, 0.05) is 24.0 Å².